The Labute approximate surface area is 144 Å². The number of para-hydroxylation sites is 1. The van der Waals surface area contributed by atoms with Crippen molar-refractivity contribution < 1.29 is 0 Å². The predicted molar refractivity (Wildman–Crippen MR) is 98.2 cm³/mol. The Morgan fingerprint density at radius 2 is 1.52 bits per heavy atom. The molecule has 2 N–H and O–H groups in total. The highest BCUT2D eigenvalue weighted by atomic mass is 15.4. The molecule has 25 heavy (non-hydrogen) atoms. The molecule has 0 spiro atoms. The minimum Gasteiger partial charge on any atom is -0.356 e. The zero-order valence-corrected chi connectivity index (χ0v) is 13.7. The van der Waals surface area contributed by atoms with Crippen LogP contribution in [-0.4, -0.2) is 25.0 Å². The molecule has 124 valence electrons. The first-order chi connectivity index (χ1) is 12.3. The molecule has 0 amide bonds. The van der Waals surface area contributed by atoms with Crippen LogP contribution in [0, 0.1) is 0 Å². The van der Waals surface area contributed by atoms with Gasteiger partial charge in [-0.3, -0.25) is 0 Å². The SMILES string of the molecule is CCn1nnc2c(Nc3ccc(Nc4ccccc4)cc3)ncnc21. The Kier molecular flexibility index (Phi) is 3.96. The van der Waals surface area contributed by atoms with Crippen LogP contribution < -0.4 is 10.6 Å². The molecule has 2 heterocycles. The highest BCUT2D eigenvalue weighted by molar-refractivity contribution is 5.84. The molecule has 0 aliphatic carbocycles. The number of nitrogens with zero attached hydrogens (tertiary/aromatic N) is 5. The maximum atomic E-state index is 4.29. The van der Waals surface area contributed by atoms with E-state index in [1.807, 2.05) is 61.5 Å². The van der Waals surface area contributed by atoms with E-state index in [1.165, 1.54) is 6.33 Å². The number of hydrogen-bond acceptors (Lipinski definition) is 6. The van der Waals surface area contributed by atoms with Crippen LogP contribution in [0.5, 0.6) is 0 Å². The first-order valence-electron chi connectivity index (χ1n) is 8.07. The van der Waals surface area contributed by atoms with Gasteiger partial charge in [0.1, 0.15) is 6.33 Å². The molecule has 4 rings (SSSR count). The quantitative estimate of drug-likeness (QED) is 0.580. The lowest BCUT2D eigenvalue weighted by molar-refractivity contribution is 0.641. The first-order valence-corrected chi connectivity index (χ1v) is 8.07. The molecule has 4 aromatic rings. The van der Waals surface area contributed by atoms with Gasteiger partial charge >= 0.3 is 0 Å². The van der Waals surface area contributed by atoms with Gasteiger partial charge in [-0.2, -0.15) is 0 Å². The predicted octanol–water partition coefficient (Wildman–Crippen LogP) is 3.73. The van der Waals surface area contributed by atoms with Crippen LogP contribution >= 0.6 is 0 Å². The summed E-state index contributed by atoms with van der Waals surface area (Å²) in [6, 6.07) is 18.1. The lowest BCUT2D eigenvalue weighted by Crippen LogP contribution is -1.99. The lowest BCUT2D eigenvalue weighted by atomic mass is 10.2. The fourth-order valence-corrected chi connectivity index (χ4v) is 2.56. The molecular formula is C18H17N7. The molecule has 0 fully saturated rings. The van der Waals surface area contributed by atoms with Gasteiger partial charge in [-0.25, -0.2) is 14.6 Å². The molecule has 0 saturated carbocycles. The van der Waals surface area contributed by atoms with E-state index in [4.69, 9.17) is 0 Å². The Morgan fingerprint density at radius 3 is 2.24 bits per heavy atom. The summed E-state index contributed by atoms with van der Waals surface area (Å²) in [6.07, 6.45) is 1.52. The molecule has 0 atom stereocenters. The van der Waals surface area contributed by atoms with Crippen LogP contribution in [0.2, 0.25) is 0 Å². The molecule has 0 aliphatic heterocycles. The largest absolute Gasteiger partial charge is 0.356 e. The number of aromatic nitrogens is 5. The van der Waals surface area contributed by atoms with Crippen molar-refractivity contribution in [2.24, 2.45) is 0 Å². The zero-order chi connectivity index (χ0) is 17.1. The van der Waals surface area contributed by atoms with Gasteiger partial charge in [-0.1, -0.05) is 23.4 Å². The van der Waals surface area contributed by atoms with Crippen LogP contribution in [-0.2, 0) is 6.54 Å². The summed E-state index contributed by atoms with van der Waals surface area (Å²) in [6.45, 7) is 2.72. The second kappa shape index (κ2) is 6.56. The third-order valence-corrected chi connectivity index (χ3v) is 3.81. The third kappa shape index (κ3) is 3.12. The third-order valence-electron chi connectivity index (χ3n) is 3.81. The highest BCUT2D eigenvalue weighted by Gasteiger charge is 2.10. The minimum absolute atomic E-state index is 0.647. The number of aryl methyl sites for hydroxylation is 1. The summed E-state index contributed by atoms with van der Waals surface area (Å²) in [7, 11) is 0. The fourth-order valence-electron chi connectivity index (χ4n) is 2.56. The number of fused-ring (bicyclic) bond motifs is 1. The molecule has 7 heteroatoms. The van der Waals surface area contributed by atoms with Crippen LogP contribution in [0.4, 0.5) is 22.9 Å². The van der Waals surface area contributed by atoms with E-state index in [0.717, 1.165) is 22.7 Å². The summed E-state index contributed by atoms with van der Waals surface area (Å²) in [5.41, 5.74) is 4.38. The number of benzene rings is 2. The maximum Gasteiger partial charge on any atom is 0.183 e. The van der Waals surface area contributed by atoms with Crippen LogP contribution in [0.25, 0.3) is 11.2 Å². The summed E-state index contributed by atoms with van der Waals surface area (Å²) >= 11 is 0. The van der Waals surface area contributed by atoms with Crippen LogP contribution in [0.15, 0.2) is 60.9 Å². The van der Waals surface area contributed by atoms with Crippen molar-refractivity contribution in [1.82, 2.24) is 25.0 Å². The fraction of sp³-hybridized carbons (Fsp3) is 0.111. The first kappa shape index (κ1) is 15.1. The van der Waals surface area contributed by atoms with E-state index in [-0.39, 0.29) is 0 Å². The topological polar surface area (TPSA) is 80.5 Å². The Balaban J connectivity index is 1.54. The Bertz CT molecular complexity index is 977. The van der Waals surface area contributed by atoms with Gasteiger partial charge in [0, 0.05) is 23.6 Å². The second-order valence-electron chi connectivity index (χ2n) is 5.49. The molecular weight excluding hydrogens is 314 g/mol. The van der Waals surface area contributed by atoms with Gasteiger partial charge in [0.2, 0.25) is 0 Å². The zero-order valence-electron chi connectivity index (χ0n) is 13.7. The summed E-state index contributed by atoms with van der Waals surface area (Å²) < 4.78 is 1.75. The van der Waals surface area contributed by atoms with E-state index >= 15 is 0 Å². The Morgan fingerprint density at radius 1 is 0.840 bits per heavy atom. The number of nitrogens with one attached hydrogen (secondary N) is 2. The van der Waals surface area contributed by atoms with Gasteiger partial charge < -0.3 is 10.6 Å². The van der Waals surface area contributed by atoms with E-state index < -0.39 is 0 Å². The van der Waals surface area contributed by atoms with Crippen molar-refractivity contribution in [3.63, 3.8) is 0 Å². The standard InChI is InChI=1S/C18H17N7/c1-2-25-18-16(23-24-25)17(19-12-20-18)22-15-10-8-14(9-11-15)21-13-6-4-3-5-7-13/h3-12,21H,2H2,1H3,(H,19,20,22). The van der Waals surface area contributed by atoms with E-state index in [2.05, 4.69) is 30.9 Å². The smallest absolute Gasteiger partial charge is 0.183 e. The molecule has 2 aromatic heterocycles. The molecule has 0 aliphatic rings. The van der Waals surface area contributed by atoms with Crippen LogP contribution in [0.1, 0.15) is 6.92 Å². The van der Waals surface area contributed by atoms with Gasteiger partial charge in [-0.15, -0.1) is 5.10 Å². The van der Waals surface area contributed by atoms with Crippen molar-refractivity contribution in [2.45, 2.75) is 13.5 Å². The van der Waals surface area contributed by atoms with Gasteiger partial charge in [0.15, 0.2) is 17.0 Å². The van der Waals surface area contributed by atoms with Crippen molar-refractivity contribution in [2.75, 3.05) is 10.6 Å². The average Bonchev–Trinajstić information content (AvgIpc) is 3.08. The van der Waals surface area contributed by atoms with Crippen molar-refractivity contribution in [1.29, 1.82) is 0 Å². The van der Waals surface area contributed by atoms with Gasteiger partial charge in [0.05, 0.1) is 0 Å². The molecule has 0 bridgehead atoms. The lowest BCUT2D eigenvalue weighted by Gasteiger charge is -2.09. The average molecular weight is 331 g/mol. The number of anilines is 4. The monoisotopic (exact) mass is 331 g/mol. The van der Waals surface area contributed by atoms with Crippen LogP contribution in [0.3, 0.4) is 0 Å². The van der Waals surface area contributed by atoms with Crippen molar-refractivity contribution in [3.8, 4) is 0 Å². The number of rotatable bonds is 5. The highest BCUT2D eigenvalue weighted by Crippen LogP contribution is 2.23. The van der Waals surface area contributed by atoms with Crippen molar-refractivity contribution in [3.05, 3.63) is 60.9 Å². The van der Waals surface area contributed by atoms with Crippen molar-refractivity contribution >= 4 is 34.0 Å². The van der Waals surface area contributed by atoms with E-state index in [9.17, 15) is 0 Å². The normalized spacial score (nSPS) is 10.8. The molecule has 7 nitrogen and oxygen atoms in total. The molecule has 2 aromatic carbocycles. The maximum absolute atomic E-state index is 4.29. The second-order valence-corrected chi connectivity index (χ2v) is 5.49. The molecule has 0 saturated heterocycles. The summed E-state index contributed by atoms with van der Waals surface area (Å²) in [5.74, 6) is 0.647. The van der Waals surface area contributed by atoms with E-state index in [1.54, 1.807) is 4.68 Å². The van der Waals surface area contributed by atoms with Gasteiger partial charge in [0.25, 0.3) is 0 Å². The Hall–Kier alpha value is -3.48. The van der Waals surface area contributed by atoms with E-state index in [0.29, 0.717) is 17.9 Å². The minimum atomic E-state index is 0.647. The number of hydrogen-bond donors (Lipinski definition) is 2. The van der Waals surface area contributed by atoms with Gasteiger partial charge in [-0.05, 0) is 43.3 Å². The summed E-state index contributed by atoms with van der Waals surface area (Å²) in [5, 5.41) is 14.9. The molecule has 0 unspecified atom stereocenters. The summed E-state index contributed by atoms with van der Waals surface area (Å²) in [4.78, 5) is 8.54. The molecule has 0 radical (unpaired) electrons.